The van der Waals surface area contributed by atoms with E-state index < -0.39 is 18.0 Å². The number of morpholine rings is 1. The van der Waals surface area contributed by atoms with Gasteiger partial charge in [-0.3, -0.25) is 0 Å². The van der Waals surface area contributed by atoms with Gasteiger partial charge in [-0.15, -0.1) is 16.8 Å². The van der Waals surface area contributed by atoms with Crippen LogP contribution in [-0.4, -0.2) is 87.1 Å². The minimum absolute atomic E-state index is 0. The summed E-state index contributed by atoms with van der Waals surface area (Å²) in [6, 6.07) is 0. The maximum absolute atomic E-state index is 9.95. The average Bonchev–Trinajstić information content (AvgIpc) is 3.12. The van der Waals surface area contributed by atoms with Crippen molar-refractivity contribution >= 4 is 41.9 Å². The van der Waals surface area contributed by atoms with Crippen LogP contribution in [0.3, 0.4) is 0 Å². The van der Waals surface area contributed by atoms with Gasteiger partial charge in [0.2, 0.25) is 5.82 Å². The number of nitrogens with one attached hydrogen (secondary N) is 1. The highest BCUT2D eigenvalue weighted by Crippen LogP contribution is 2.26. The highest BCUT2D eigenvalue weighted by Gasteiger charge is 2.21. The molecule has 172 valence electrons. The number of hydrogen-bond donors (Lipinski definition) is 4. The van der Waals surface area contributed by atoms with E-state index >= 15 is 0 Å². The van der Waals surface area contributed by atoms with E-state index in [0.717, 1.165) is 30.6 Å². The van der Waals surface area contributed by atoms with Crippen molar-refractivity contribution in [2.45, 2.75) is 32.4 Å². The van der Waals surface area contributed by atoms with Crippen molar-refractivity contribution < 1.29 is 34.4 Å². The molecule has 0 radical (unpaired) electrons. The Labute approximate surface area is 185 Å². The van der Waals surface area contributed by atoms with Crippen LogP contribution in [0, 0.1) is 0 Å². The Morgan fingerprint density at radius 1 is 1.23 bits per heavy atom. The van der Waals surface area contributed by atoms with Crippen LogP contribution in [0.4, 0.5) is 5.82 Å². The van der Waals surface area contributed by atoms with Crippen molar-refractivity contribution in [3.63, 3.8) is 0 Å². The zero-order valence-electron chi connectivity index (χ0n) is 17.1. The fraction of sp³-hybridized carbons (Fsp3) is 0.647. The van der Waals surface area contributed by atoms with E-state index in [0.29, 0.717) is 37.8 Å². The maximum atomic E-state index is 9.95. The van der Waals surface area contributed by atoms with Gasteiger partial charge >= 0.3 is 11.9 Å². The molecule has 0 aliphatic carbocycles. The Bertz CT molecular complexity index is 659. The molecule has 1 saturated heterocycles. The number of aromatic nitrogens is 2. The van der Waals surface area contributed by atoms with Crippen LogP contribution in [0.15, 0.2) is 12.2 Å². The van der Waals surface area contributed by atoms with Crippen LogP contribution in [-0.2, 0) is 14.3 Å². The van der Waals surface area contributed by atoms with E-state index in [2.05, 4.69) is 39.7 Å². The number of aliphatic hydroxyl groups excluding tert-OH is 1. The molecule has 1 atom stereocenters. The van der Waals surface area contributed by atoms with Crippen molar-refractivity contribution in [1.29, 1.82) is 0 Å². The largest absolute Gasteiger partial charge is 0.478 e. The monoisotopic (exact) mass is 468 g/mol. The lowest BCUT2D eigenvalue weighted by Crippen LogP contribution is -2.42. The van der Waals surface area contributed by atoms with Gasteiger partial charge in [0.1, 0.15) is 12.7 Å². The third-order valence-corrected chi connectivity index (χ3v) is 3.90. The summed E-state index contributed by atoms with van der Waals surface area (Å²) in [5.74, 6) is -1.27. The van der Waals surface area contributed by atoms with E-state index in [1.165, 1.54) is 0 Å². The van der Waals surface area contributed by atoms with Gasteiger partial charge in [-0.25, -0.2) is 9.59 Å². The van der Waals surface area contributed by atoms with Crippen molar-refractivity contribution in [2.24, 2.45) is 0 Å². The number of anilines is 1. The third kappa shape index (κ3) is 12.5. The highest BCUT2D eigenvalue weighted by molar-refractivity contribution is 6.99. The standard InChI is InChI=1S/C13H24N4O3S.C4H4O4.ClH/c1-13(2,3)14-8-10(18)9-20-12-11(15-21-16-12)17-4-6-19-7-5-17;5-3(6)1-2-4(7)8;/h10,14,18H,4-9H2,1-3H3;1-2H,(H,5,6)(H,7,8);1H/t10-;;/m0../s1. The number of carbonyl (C=O) groups is 2. The van der Waals surface area contributed by atoms with Gasteiger partial charge in [-0.2, -0.15) is 4.37 Å². The number of halogens is 1. The van der Waals surface area contributed by atoms with Gasteiger partial charge in [0.05, 0.1) is 24.9 Å². The van der Waals surface area contributed by atoms with Gasteiger partial charge < -0.3 is 35.0 Å². The molecule has 2 heterocycles. The molecular weight excluding hydrogens is 440 g/mol. The minimum atomic E-state index is -1.26. The van der Waals surface area contributed by atoms with Crippen LogP contribution < -0.4 is 15.0 Å². The molecule has 1 aromatic heterocycles. The maximum Gasteiger partial charge on any atom is 0.328 e. The lowest BCUT2D eigenvalue weighted by molar-refractivity contribution is -0.134. The van der Waals surface area contributed by atoms with E-state index in [4.69, 9.17) is 19.7 Å². The average molecular weight is 469 g/mol. The van der Waals surface area contributed by atoms with Crippen LogP contribution in [0.2, 0.25) is 0 Å². The number of rotatable bonds is 8. The van der Waals surface area contributed by atoms with Gasteiger partial charge in [0, 0.05) is 37.3 Å². The van der Waals surface area contributed by atoms with Gasteiger partial charge in [-0.1, -0.05) is 0 Å². The predicted molar refractivity (Wildman–Crippen MR) is 114 cm³/mol. The second-order valence-electron chi connectivity index (χ2n) is 7.10. The molecule has 0 saturated carbocycles. The Hall–Kier alpha value is -1.99. The van der Waals surface area contributed by atoms with Crippen LogP contribution in [0.25, 0.3) is 0 Å². The lowest BCUT2D eigenvalue weighted by atomic mass is 10.1. The minimum Gasteiger partial charge on any atom is -0.478 e. The van der Waals surface area contributed by atoms with E-state index in [9.17, 15) is 14.7 Å². The number of carboxylic acids is 2. The van der Waals surface area contributed by atoms with Crippen LogP contribution >= 0.6 is 24.1 Å². The van der Waals surface area contributed by atoms with Gasteiger partial charge in [0.25, 0.3) is 5.88 Å². The van der Waals surface area contributed by atoms with Crippen molar-refractivity contribution in [1.82, 2.24) is 14.1 Å². The summed E-state index contributed by atoms with van der Waals surface area (Å²) in [5, 5.41) is 28.8. The molecule has 0 unspecified atom stereocenters. The Balaban J connectivity index is 0.000000801. The molecule has 0 spiro atoms. The van der Waals surface area contributed by atoms with Crippen LogP contribution in [0.1, 0.15) is 20.8 Å². The summed E-state index contributed by atoms with van der Waals surface area (Å²) in [5.41, 5.74) is -0.0257. The Kier molecular flexibility index (Phi) is 13.2. The molecule has 1 aliphatic heterocycles. The Morgan fingerprint density at radius 3 is 2.30 bits per heavy atom. The molecule has 2 rings (SSSR count). The zero-order chi connectivity index (χ0) is 21.9. The number of hydrogen-bond acceptors (Lipinski definition) is 10. The summed E-state index contributed by atoms with van der Waals surface area (Å²) in [6.07, 6.45) is 0.536. The smallest absolute Gasteiger partial charge is 0.328 e. The van der Waals surface area contributed by atoms with Crippen molar-refractivity contribution in [2.75, 3.05) is 44.4 Å². The first kappa shape index (κ1) is 28.0. The van der Waals surface area contributed by atoms with Gasteiger partial charge in [0.15, 0.2) is 0 Å². The topological polar surface area (TPSA) is 154 Å². The van der Waals surface area contributed by atoms with Crippen molar-refractivity contribution in [3.8, 4) is 5.88 Å². The summed E-state index contributed by atoms with van der Waals surface area (Å²) in [4.78, 5) is 21.2. The molecule has 1 aliphatic rings. The predicted octanol–water partition coefficient (Wildman–Crippen LogP) is 0.636. The van der Waals surface area contributed by atoms with E-state index in [-0.39, 0.29) is 24.6 Å². The van der Waals surface area contributed by atoms with E-state index in [1.807, 2.05) is 0 Å². The molecule has 0 aromatic carbocycles. The molecule has 0 bridgehead atoms. The third-order valence-electron chi connectivity index (χ3n) is 3.40. The highest BCUT2D eigenvalue weighted by atomic mass is 35.5. The molecule has 1 aromatic rings. The first-order chi connectivity index (χ1) is 13.6. The summed E-state index contributed by atoms with van der Waals surface area (Å²) < 4.78 is 19.4. The number of ether oxygens (including phenoxy) is 2. The first-order valence-electron chi connectivity index (χ1n) is 8.93. The lowest BCUT2D eigenvalue weighted by Gasteiger charge is -2.27. The quantitative estimate of drug-likeness (QED) is 0.397. The zero-order valence-corrected chi connectivity index (χ0v) is 18.7. The number of aliphatic carboxylic acids is 2. The second-order valence-corrected chi connectivity index (χ2v) is 7.63. The molecule has 13 heteroatoms. The number of aliphatic hydroxyl groups is 1. The SMILES string of the molecule is CC(C)(C)NC[C@H](O)COc1nsnc1N1CCOCC1.Cl.O=C(O)C=CC(=O)O. The molecule has 1 fully saturated rings. The fourth-order valence-corrected chi connectivity index (χ4v) is 2.56. The number of carboxylic acid groups (broad SMARTS) is 2. The fourth-order valence-electron chi connectivity index (χ4n) is 2.04. The second kappa shape index (κ2) is 14.1. The summed E-state index contributed by atoms with van der Waals surface area (Å²) in [7, 11) is 0. The van der Waals surface area contributed by atoms with Crippen LogP contribution in [0.5, 0.6) is 5.88 Å². The van der Waals surface area contributed by atoms with Gasteiger partial charge in [-0.05, 0) is 20.8 Å². The number of β-amino-alcohol motifs (C(OH)–C–C–N with tert-alkyl or cyclic N) is 1. The van der Waals surface area contributed by atoms with Crippen molar-refractivity contribution in [3.05, 3.63) is 12.2 Å². The normalized spacial score (nSPS) is 15.0. The summed E-state index contributed by atoms with van der Waals surface area (Å²) >= 11 is 1.12. The molecular formula is C17H29ClN4O7S. The molecule has 11 nitrogen and oxygen atoms in total. The summed E-state index contributed by atoms with van der Waals surface area (Å²) in [6.45, 7) is 9.81. The van der Waals surface area contributed by atoms with E-state index in [1.54, 1.807) is 0 Å². The first-order valence-corrected chi connectivity index (χ1v) is 9.66. The molecule has 4 N–H and O–H groups in total. The Morgan fingerprint density at radius 2 is 1.80 bits per heavy atom. The molecule has 0 amide bonds. The number of nitrogens with zero attached hydrogens (tertiary/aromatic N) is 3. The molecule has 30 heavy (non-hydrogen) atoms.